The molecule has 0 saturated heterocycles. The van der Waals surface area contributed by atoms with Crippen molar-refractivity contribution >= 4 is 17.3 Å². The van der Waals surface area contributed by atoms with E-state index in [2.05, 4.69) is 19.2 Å². The van der Waals surface area contributed by atoms with Crippen LogP contribution in [0.2, 0.25) is 5.02 Å². The highest BCUT2D eigenvalue weighted by Crippen LogP contribution is 2.24. The van der Waals surface area contributed by atoms with Crippen LogP contribution in [0.1, 0.15) is 32.3 Å². The first-order valence-corrected chi connectivity index (χ1v) is 6.92. The molecule has 5 heteroatoms. The largest absolute Gasteiger partial charge is 0.317 e. The maximum atomic E-state index is 11.0. The Labute approximate surface area is 119 Å². The van der Waals surface area contributed by atoms with Crippen molar-refractivity contribution in [3.05, 3.63) is 38.9 Å². The van der Waals surface area contributed by atoms with E-state index >= 15 is 0 Å². The molecule has 0 bridgehead atoms. The van der Waals surface area contributed by atoms with Gasteiger partial charge in [0.15, 0.2) is 0 Å². The lowest BCUT2D eigenvalue weighted by atomic mass is 9.97. The van der Waals surface area contributed by atoms with Crippen molar-refractivity contribution in [2.45, 2.75) is 39.2 Å². The minimum Gasteiger partial charge on any atom is -0.317 e. The number of rotatable bonds is 7. The van der Waals surface area contributed by atoms with Gasteiger partial charge in [-0.15, -0.1) is 0 Å². The molecule has 0 aromatic heterocycles. The molecule has 0 saturated carbocycles. The molecule has 0 amide bonds. The number of nitro groups is 1. The van der Waals surface area contributed by atoms with Gasteiger partial charge in [0.05, 0.1) is 4.92 Å². The van der Waals surface area contributed by atoms with Gasteiger partial charge in [-0.1, -0.05) is 25.4 Å². The predicted molar refractivity (Wildman–Crippen MR) is 78.7 cm³/mol. The molecule has 106 valence electrons. The molecule has 4 nitrogen and oxygen atoms in total. The molecule has 0 aliphatic heterocycles. The highest BCUT2D eigenvalue weighted by atomic mass is 35.5. The molecule has 0 fully saturated rings. The fourth-order valence-electron chi connectivity index (χ4n) is 2.21. The summed E-state index contributed by atoms with van der Waals surface area (Å²) in [5.74, 6) is 0.604. The number of hydrogen-bond donors (Lipinski definition) is 1. The summed E-state index contributed by atoms with van der Waals surface area (Å²) < 4.78 is 0. The van der Waals surface area contributed by atoms with Crippen LogP contribution in [0.5, 0.6) is 0 Å². The van der Waals surface area contributed by atoms with E-state index in [0.717, 1.165) is 12.8 Å². The molecule has 19 heavy (non-hydrogen) atoms. The van der Waals surface area contributed by atoms with Gasteiger partial charge >= 0.3 is 0 Å². The molecule has 1 aromatic rings. The van der Waals surface area contributed by atoms with Crippen LogP contribution in [0.4, 0.5) is 5.69 Å². The van der Waals surface area contributed by atoms with Gasteiger partial charge in [0.2, 0.25) is 0 Å². The third kappa shape index (κ3) is 5.17. The van der Waals surface area contributed by atoms with E-state index in [0.29, 0.717) is 29.0 Å². The number of nitrogens with zero attached hydrogens (tertiary/aromatic N) is 1. The third-order valence-corrected chi connectivity index (χ3v) is 3.40. The van der Waals surface area contributed by atoms with Crippen molar-refractivity contribution in [1.82, 2.24) is 5.32 Å². The van der Waals surface area contributed by atoms with Crippen molar-refractivity contribution in [2.24, 2.45) is 5.92 Å². The molecule has 1 atom stereocenters. The average Bonchev–Trinajstić information content (AvgIpc) is 2.33. The minimum absolute atomic E-state index is 0.156. The van der Waals surface area contributed by atoms with Crippen LogP contribution in [0, 0.1) is 16.0 Å². The maximum Gasteiger partial charge on any atom is 0.272 e. The van der Waals surface area contributed by atoms with Crippen LogP contribution in [0.3, 0.4) is 0 Å². The lowest BCUT2D eigenvalue weighted by Crippen LogP contribution is -2.27. The Kier molecular flexibility index (Phi) is 6.25. The van der Waals surface area contributed by atoms with Gasteiger partial charge in [-0.2, -0.15) is 0 Å². The first-order valence-electron chi connectivity index (χ1n) is 6.54. The fraction of sp³-hybridized carbons (Fsp3) is 0.571. The van der Waals surface area contributed by atoms with Gasteiger partial charge in [-0.25, -0.2) is 0 Å². The number of halogens is 1. The second-order valence-electron chi connectivity index (χ2n) is 5.18. The number of hydrogen-bond acceptors (Lipinski definition) is 3. The highest BCUT2D eigenvalue weighted by Gasteiger charge is 2.16. The second-order valence-corrected chi connectivity index (χ2v) is 5.62. The molecule has 0 spiro atoms. The van der Waals surface area contributed by atoms with Crippen LogP contribution < -0.4 is 5.32 Å². The molecule has 1 N–H and O–H groups in total. The molecule has 0 aliphatic rings. The summed E-state index contributed by atoms with van der Waals surface area (Å²) in [5, 5.41) is 14.8. The SMILES string of the molecule is CNC(CCc1cc(Cl)ccc1[N+](=O)[O-])CC(C)C. The van der Waals surface area contributed by atoms with E-state index in [9.17, 15) is 10.1 Å². The third-order valence-electron chi connectivity index (χ3n) is 3.16. The van der Waals surface area contributed by atoms with Crippen molar-refractivity contribution < 1.29 is 4.92 Å². The van der Waals surface area contributed by atoms with Gasteiger partial charge < -0.3 is 5.32 Å². The van der Waals surface area contributed by atoms with Gasteiger partial charge in [0.1, 0.15) is 0 Å². The average molecular weight is 285 g/mol. The first-order chi connectivity index (χ1) is 8.93. The Morgan fingerprint density at radius 2 is 2.11 bits per heavy atom. The molecular weight excluding hydrogens is 264 g/mol. The van der Waals surface area contributed by atoms with E-state index in [1.165, 1.54) is 6.07 Å². The summed E-state index contributed by atoms with van der Waals surface area (Å²) >= 11 is 5.92. The lowest BCUT2D eigenvalue weighted by Gasteiger charge is -2.18. The Hall–Kier alpha value is -1.13. The number of aryl methyl sites for hydroxylation is 1. The second kappa shape index (κ2) is 7.46. The predicted octanol–water partition coefficient (Wildman–Crippen LogP) is 3.81. The Morgan fingerprint density at radius 1 is 1.42 bits per heavy atom. The van der Waals surface area contributed by atoms with Crippen molar-refractivity contribution in [3.8, 4) is 0 Å². The summed E-state index contributed by atoms with van der Waals surface area (Å²) in [6, 6.07) is 5.11. The van der Waals surface area contributed by atoms with Crippen molar-refractivity contribution in [3.63, 3.8) is 0 Å². The smallest absolute Gasteiger partial charge is 0.272 e. The Bertz CT molecular complexity index is 435. The zero-order valence-corrected chi connectivity index (χ0v) is 12.4. The Morgan fingerprint density at radius 3 is 2.63 bits per heavy atom. The van der Waals surface area contributed by atoms with Gasteiger partial charge in [-0.05, 0) is 44.4 Å². The molecule has 1 rings (SSSR count). The monoisotopic (exact) mass is 284 g/mol. The molecule has 0 aliphatic carbocycles. The molecule has 1 unspecified atom stereocenters. The summed E-state index contributed by atoms with van der Waals surface area (Å²) in [6.45, 7) is 4.35. The van der Waals surface area contributed by atoms with Gasteiger partial charge in [0.25, 0.3) is 5.69 Å². The summed E-state index contributed by atoms with van der Waals surface area (Å²) in [7, 11) is 1.93. The standard InChI is InChI=1S/C14H21ClN2O2/c1-10(2)8-13(16-3)6-4-11-9-12(15)5-7-14(11)17(18)19/h5,7,9-10,13,16H,4,6,8H2,1-3H3. The van der Waals surface area contributed by atoms with E-state index < -0.39 is 0 Å². The van der Waals surface area contributed by atoms with Crippen LogP contribution in [0.15, 0.2) is 18.2 Å². The summed E-state index contributed by atoms with van der Waals surface area (Å²) in [5.41, 5.74) is 0.866. The van der Waals surface area contributed by atoms with E-state index in [-0.39, 0.29) is 10.6 Å². The van der Waals surface area contributed by atoms with Crippen molar-refractivity contribution in [2.75, 3.05) is 7.05 Å². The van der Waals surface area contributed by atoms with Gasteiger partial charge in [-0.3, -0.25) is 10.1 Å². The van der Waals surface area contributed by atoms with E-state index in [4.69, 9.17) is 11.6 Å². The molecule has 0 radical (unpaired) electrons. The van der Waals surface area contributed by atoms with Crippen LogP contribution in [0.25, 0.3) is 0 Å². The zero-order chi connectivity index (χ0) is 14.4. The summed E-state index contributed by atoms with van der Waals surface area (Å²) in [6.07, 6.45) is 2.59. The highest BCUT2D eigenvalue weighted by molar-refractivity contribution is 6.30. The normalized spacial score (nSPS) is 12.7. The van der Waals surface area contributed by atoms with E-state index in [1.807, 2.05) is 7.05 Å². The van der Waals surface area contributed by atoms with Gasteiger partial charge in [0, 0.05) is 22.7 Å². The van der Waals surface area contributed by atoms with Crippen LogP contribution in [-0.4, -0.2) is 18.0 Å². The molecular formula is C14H21ClN2O2. The maximum absolute atomic E-state index is 11.0. The van der Waals surface area contributed by atoms with Crippen LogP contribution >= 0.6 is 11.6 Å². The van der Waals surface area contributed by atoms with Crippen molar-refractivity contribution in [1.29, 1.82) is 0 Å². The number of nitro benzene ring substituents is 1. The number of benzene rings is 1. The fourth-order valence-corrected chi connectivity index (χ4v) is 2.41. The van der Waals surface area contributed by atoms with Crippen LogP contribution in [-0.2, 0) is 6.42 Å². The minimum atomic E-state index is -0.345. The molecule has 0 heterocycles. The first kappa shape index (κ1) is 15.9. The Balaban J connectivity index is 2.75. The molecule has 1 aromatic carbocycles. The zero-order valence-electron chi connectivity index (χ0n) is 11.6. The summed E-state index contributed by atoms with van der Waals surface area (Å²) in [4.78, 5) is 10.6. The number of nitrogens with one attached hydrogen (secondary N) is 1. The quantitative estimate of drug-likeness (QED) is 0.612. The lowest BCUT2D eigenvalue weighted by molar-refractivity contribution is -0.385. The van der Waals surface area contributed by atoms with E-state index in [1.54, 1.807) is 12.1 Å². The topological polar surface area (TPSA) is 55.2 Å².